The van der Waals surface area contributed by atoms with Gasteiger partial charge < -0.3 is 19.7 Å². The lowest BCUT2D eigenvalue weighted by molar-refractivity contribution is 0.259. The second-order valence-corrected chi connectivity index (χ2v) is 7.52. The summed E-state index contributed by atoms with van der Waals surface area (Å²) >= 11 is 0. The Balaban J connectivity index is 1.50. The predicted molar refractivity (Wildman–Crippen MR) is 112 cm³/mol. The minimum absolute atomic E-state index is 0.730. The molecule has 0 radical (unpaired) electrons. The Hall–Kier alpha value is -2.50. The van der Waals surface area contributed by atoms with Gasteiger partial charge in [-0.25, -0.2) is 4.98 Å². The Bertz CT molecular complexity index is 741. The molecule has 1 fully saturated rings. The molecule has 2 heterocycles. The molecule has 0 bridgehead atoms. The average molecular weight is 369 g/mol. The third-order valence-corrected chi connectivity index (χ3v) is 5.38. The van der Waals surface area contributed by atoms with Crippen LogP contribution < -0.4 is 10.2 Å². The summed E-state index contributed by atoms with van der Waals surface area (Å²) in [6.45, 7) is 2.85. The number of piperidine rings is 1. The van der Waals surface area contributed by atoms with Crippen LogP contribution in [0.15, 0.2) is 41.5 Å². The molecule has 0 atom stereocenters. The number of rotatable bonds is 5. The lowest BCUT2D eigenvalue weighted by Crippen LogP contribution is -2.45. The summed E-state index contributed by atoms with van der Waals surface area (Å²) in [5.74, 6) is 2.71. The van der Waals surface area contributed by atoms with Crippen LogP contribution >= 0.6 is 0 Å². The van der Waals surface area contributed by atoms with Crippen LogP contribution in [-0.4, -0.2) is 54.6 Å². The number of benzene rings is 1. The van der Waals surface area contributed by atoms with Crippen LogP contribution in [0.5, 0.6) is 0 Å². The predicted octanol–water partition coefficient (Wildman–Crippen LogP) is 2.52. The van der Waals surface area contributed by atoms with E-state index in [0.717, 1.165) is 43.2 Å². The summed E-state index contributed by atoms with van der Waals surface area (Å²) in [5.41, 5.74) is 2.60. The van der Waals surface area contributed by atoms with Crippen LogP contribution in [0.4, 0.5) is 5.95 Å². The van der Waals surface area contributed by atoms with Gasteiger partial charge in [-0.05, 0) is 30.7 Å². The molecule has 1 aliphatic rings. The molecule has 1 saturated heterocycles. The lowest BCUT2D eigenvalue weighted by Gasteiger charge is -2.34. The lowest BCUT2D eigenvalue weighted by atomic mass is 9.90. The maximum absolute atomic E-state index is 4.50. The van der Waals surface area contributed by atoms with E-state index >= 15 is 0 Å². The van der Waals surface area contributed by atoms with E-state index in [0.29, 0.717) is 0 Å². The number of guanidine groups is 1. The first kappa shape index (κ1) is 19.3. The van der Waals surface area contributed by atoms with E-state index in [1.54, 1.807) is 0 Å². The molecule has 6 nitrogen and oxygen atoms in total. The molecule has 0 saturated carbocycles. The fourth-order valence-electron chi connectivity index (χ4n) is 3.81. The van der Waals surface area contributed by atoms with Gasteiger partial charge in [-0.2, -0.15) is 0 Å². The van der Waals surface area contributed by atoms with Gasteiger partial charge in [0.05, 0.1) is 18.4 Å². The maximum atomic E-state index is 4.50. The van der Waals surface area contributed by atoms with Crippen molar-refractivity contribution in [2.45, 2.75) is 25.8 Å². The fourth-order valence-corrected chi connectivity index (χ4v) is 3.81. The highest BCUT2D eigenvalue weighted by Crippen LogP contribution is 2.21. The van der Waals surface area contributed by atoms with Gasteiger partial charge in [-0.15, -0.1) is 0 Å². The number of nitrogens with one attached hydrogen (secondary N) is 1. The molecule has 3 rings (SSSR count). The highest BCUT2D eigenvalue weighted by Gasteiger charge is 2.22. The topological polar surface area (TPSA) is 48.7 Å². The van der Waals surface area contributed by atoms with Crippen molar-refractivity contribution in [1.82, 2.24) is 19.8 Å². The first-order chi connectivity index (χ1) is 13.1. The van der Waals surface area contributed by atoms with Crippen molar-refractivity contribution in [2.24, 2.45) is 18.0 Å². The van der Waals surface area contributed by atoms with E-state index in [1.165, 1.54) is 24.8 Å². The van der Waals surface area contributed by atoms with E-state index < -0.39 is 0 Å². The van der Waals surface area contributed by atoms with E-state index in [-0.39, 0.29) is 0 Å². The molecule has 27 heavy (non-hydrogen) atoms. The third kappa shape index (κ3) is 4.81. The largest absolute Gasteiger partial charge is 0.351 e. The highest BCUT2D eigenvalue weighted by atomic mass is 15.3. The van der Waals surface area contributed by atoms with Crippen molar-refractivity contribution in [3.63, 3.8) is 0 Å². The van der Waals surface area contributed by atoms with Crippen LogP contribution in [0.3, 0.4) is 0 Å². The molecule has 2 aromatic rings. The molecule has 1 aromatic heterocycles. The van der Waals surface area contributed by atoms with E-state index in [1.807, 2.05) is 32.2 Å². The second-order valence-electron chi connectivity index (χ2n) is 7.52. The van der Waals surface area contributed by atoms with Crippen LogP contribution in [0.1, 0.15) is 24.1 Å². The highest BCUT2D eigenvalue weighted by molar-refractivity contribution is 5.79. The maximum Gasteiger partial charge on any atom is 0.204 e. The van der Waals surface area contributed by atoms with Crippen LogP contribution in [0.2, 0.25) is 0 Å². The summed E-state index contributed by atoms with van der Waals surface area (Å²) in [5, 5.41) is 3.51. The zero-order valence-electron chi connectivity index (χ0n) is 17.0. The monoisotopic (exact) mass is 368 g/mol. The van der Waals surface area contributed by atoms with Crippen molar-refractivity contribution < 1.29 is 0 Å². The van der Waals surface area contributed by atoms with E-state index in [2.05, 4.69) is 62.1 Å². The Kier molecular flexibility index (Phi) is 6.37. The van der Waals surface area contributed by atoms with Crippen molar-refractivity contribution in [3.8, 4) is 0 Å². The smallest absolute Gasteiger partial charge is 0.204 e. The number of imidazole rings is 1. The van der Waals surface area contributed by atoms with Gasteiger partial charge in [0.25, 0.3) is 0 Å². The summed E-state index contributed by atoms with van der Waals surface area (Å²) in [6, 6.07) is 10.8. The quantitative estimate of drug-likeness (QED) is 0.651. The van der Waals surface area contributed by atoms with Crippen LogP contribution in [-0.2, 0) is 20.0 Å². The Morgan fingerprint density at radius 2 is 1.93 bits per heavy atom. The van der Waals surface area contributed by atoms with Crippen molar-refractivity contribution in [3.05, 3.63) is 47.8 Å². The average Bonchev–Trinajstić information content (AvgIpc) is 3.05. The molecule has 6 heteroatoms. The van der Waals surface area contributed by atoms with Crippen LogP contribution in [0.25, 0.3) is 0 Å². The molecule has 0 spiro atoms. The molecule has 146 valence electrons. The van der Waals surface area contributed by atoms with Crippen molar-refractivity contribution in [1.29, 1.82) is 0 Å². The van der Waals surface area contributed by atoms with Gasteiger partial charge >= 0.3 is 0 Å². The molecular weight excluding hydrogens is 336 g/mol. The first-order valence-electron chi connectivity index (χ1n) is 9.76. The summed E-state index contributed by atoms with van der Waals surface area (Å²) in [6.07, 6.45) is 5.54. The van der Waals surface area contributed by atoms with E-state index in [4.69, 9.17) is 0 Å². The van der Waals surface area contributed by atoms with Gasteiger partial charge in [0.2, 0.25) is 5.95 Å². The van der Waals surface area contributed by atoms with Gasteiger partial charge in [0.15, 0.2) is 5.96 Å². The second kappa shape index (κ2) is 8.93. The number of aliphatic imine (C=N–C) groups is 1. The van der Waals surface area contributed by atoms with Gasteiger partial charge in [-0.3, -0.25) is 4.99 Å². The Morgan fingerprint density at radius 1 is 1.22 bits per heavy atom. The SMILES string of the molecule is CN=C(NCc1cnc(N(C)C)n1C)N1CCC(Cc2ccccc2)CC1. The zero-order valence-corrected chi connectivity index (χ0v) is 17.0. The Labute approximate surface area is 162 Å². The normalized spacial score (nSPS) is 15.9. The number of hydrogen-bond donors (Lipinski definition) is 1. The minimum Gasteiger partial charge on any atom is -0.351 e. The van der Waals surface area contributed by atoms with Crippen molar-refractivity contribution in [2.75, 3.05) is 39.1 Å². The van der Waals surface area contributed by atoms with Gasteiger partial charge in [0.1, 0.15) is 0 Å². The molecule has 1 aliphatic heterocycles. The molecule has 0 aliphatic carbocycles. The molecule has 1 N–H and O–H groups in total. The Morgan fingerprint density at radius 3 is 2.52 bits per heavy atom. The first-order valence-corrected chi connectivity index (χ1v) is 9.76. The molecule has 1 aromatic carbocycles. The fraction of sp³-hybridized carbons (Fsp3) is 0.524. The summed E-state index contributed by atoms with van der Waals surface area (Å²) < 4.78 is 2.12. The minimum atomic E-state index is 0.730. The number of likely N-dealkylation sites (tertiary alicyclic amines) is 1. The van der Waals surface area contributed by atoms with Gasteiger partial charge in [-0.1, -0.05) is 30.3 Å². The number of hydrogen-bond acceptors (Lipinski definition) is 3. The van der Waals surface area contributed by atoms with E-state index in [9.17, 15) is 0 Å². The van der Waals surface area contributed by atoms with Crippen LogP contribution in [0, 0.1) is 5.92 Å². The van der Waals surface area contributed by atoms with Crippen molar-refractivity contribution >= 4 is 11.9 Å². The number of aromatic nitrogens is 2. The summed E-state index contributed by atoms with van der Waals surface area (Å²) in [4.78, 5) is 13.4. The van der Waals surface area contributed by atoms with Gasteiger partial charge in [0, 0.05) is 41.3 Å². The third-order valence-electron chi connectivity index (χ3n) is 5.38. The standard InChI is InChI=1S/C21H32N6/c1-22-20(23-15-19-16-24-21(25(2)3)26(19)4)27-12-10-18(11-13-27)14-17-8-6-5-7-9-17/h5-9,16,18H,10-15H2,1-4H3,(H,22,23). The molecule has 0 amide bonds. The molecule has 0 unspecified atom stereocenters. The number of anilines is 1. The number of nitrogens with zero attached hydrogens (tertiary/aromatic N) is 5. The zero-order chi connectivity index (χ0) is 19.2. The summed E-state index contributed by atoms with van der Waals surface area (Å²) in [7, 11) is 7.94. The molecular formula is C21H32N6.